The lowest BCUT2D eigenvalue weighted by Gasteiger charge is -2.14. The number of hydrogen-bond acceptors (Lipinski definition) is 1. The molecule has 2 aromatic rings. The first-order valence-corrected chi connectivity index (χ1v) is 8.01. The summed E-state index contributed by atoms with van der Waals surface area (Å²) < 4.78 is 2.24. The molecule has 1 aliphatic carbocycles. The van der Waals surface area contributed by atoms with Crippen LogP contribution in [0.15, 0.2) is 54.9 Å². The maximum Gasteiger partial charge on any atom is 0.0260 e. The number of aromatic nitrogens is 1. The molecule has 0 radical (unpaired) electrons. The van der Waals surface area contributed by atoms with Gasteiger partial charge in [0.05, 0.1) is 0 Å². The molecule has 2 atom stereocenters. The molecule has 2 heteroatoms. The number of aryl methyl sites for hydroxylation is 2. The second-order valence-electron chi connectivity index (χ2n) is 6.29. The summed E-state index contributed by atoms with van der Waals surface area (Å²) in [6, 6.07) is 13.4. The van der Waals surface area contributed by atoms with E-state index in [4.69, 9.17) is 0 Å². The van der Waals surface area contributed by atoms with Gasteiger partial charge in [-0.25, -0.2) is 0 Å². The Bertz CT molecular complexity index is 622. The molecule has 1 N–H and O–H groups in total. The summed E-state index contributed by atoms with van der Waals surface area (Å²) in [6.07, 6.45) is 9.07. The van der Waals surface area contributed by atoms with Crippen molar-refractivity contribution in [1.29, 1.82) is 0 Å². The number of benzene rings is 1. The zero-order valence-corrected chi connectivity index (χ0v) is 12.3. The number of nitrogens with one attached hydrogen (secondary N) is 1. The zero-order chi connectivity index (χ0) is 14.1. The Morgan fingerprint density at radius 1 is 1.05 bits per heavy atom. The molecule has 21 heavy (non-hydrogen) atoms. The quantitative estimate of drug-likeness (QED) is 0.907. The van der Waals surface area contributed by atoms with Crippen molar-refractivity contribution in [2.45, 2.75) is 19.4 Å². The van der Waals surface area contributed by atoms with Gasteiger partial charge in [0.25, 0.3) is 0 Å². The molecule has 1 aliphatic heterocycles. The fraction of sp³-hybridized carbons (Fsp3) is 0.368. The molecule has 108 valence electrons. The first-order valence-electron chi connectivity index (χ1n) is 8.01. The topological polar surface area (TPSA) is 17.0 Å². The van der Waals surface area contributed by atoms with Crippen LogP contribution in [0.5, 0.6) is 0 Å². The molecule has 0 saturated carbocycles. The molecule has 1 saturated heterocycles. The summed E-state index contributed by atoms with van der Waals surface area (Å²) in [7, 11) is 0. The number of hydrogen-bond donors (Lipinski definition) is 1. The SMILES string of the molecule is C1=C(c2ccc(CCn3cccc3)cc2)C2CNCC2C1. The van der Waals surface area contributed by atoms with Gasteiger partial charge in [0, 0.05) is 31.4 Å². The molecular weight excluding hydrogens is 256 g/mol. The molecule has 2 nitrogen and oxygen atoms in total. The predicted molar refractivity (Wildman–Crippen MR) is 87.0 cm³/mol. The highest BCUT2D eigenvalue weighted by Gasteiger charge is 2.33. The van der Waals surface area contributed by atoms with Crippen molar-refractivity contribution < 1.29 is 0 Å². The van der Waals surface area contributed by atoms with Crippen molar-refractivity contribution in [1.82, 2.24) is 9.88 Å². The van der Waals surface area contributed by atoms with Crippen LogP contribution in [0.4, 0.5) is 0 Å². The number of fused-ring (bicyclic) bond motifs is 1. The van der Waals surface area contributed by atoms with E-state index in [2.05, 4.69) is 64.8 Å². The predicted octanol–water partition coefficient (Wildman–Crippen LogP) is 3.35. The van der Waals surface area contributed by atoms with Crippen LogP contribution < -0.4 is 5.32 Å². The van der Waals surface area contributed by atoms with Crippen LogP contribution in [0.1, 0.15) is 17.5 Å². The Hall–Kier alpha value is -1.80. The Morgan fingerprint density at radius 2 is 1.86 bits per heavy atom. The van der Waals surface area contributed by atoms with Gasteiger partial charge in [-0.15, -0.1) is 0 Å². The van der Waals surface area contributed by atoms with Crippen LogP contribution in [0, 0.1) is 11.8 Å². The molecule has 2 aliphatic rings. The van der Waals surface area contributed by atoms with Gasteiger partial charge in [0.1, 0.15) is 0 Å². The Morgan fingerprint density at radius 3 is 2.67 bits per heavy atom. The largest absolute Gasteiger partial charge is 0.354 e. The summed E-state index contributed by atoms with van der Waals surface area (Å²) in [6.45, 7) is 3.41. The Kier molecular flexibility index (Phi) is 3.40. The smallest absolute Gasteiger partial charge is 0.0260 e. The van der Waals surface area contributed by atoms with Gasteiger partial charge in [-0.05, 0) is 54.1 Å². The van der Waals surface area contributed by atoms with E-state index < -0.39 is 0 Å². The van der Waals surface area contributed by atoms with E-state index in [9.17, 15) is 0 Å². The van der Waals surface area contributed by atoms with Crippen LogP contribution in [0.2, 0.25) is 0 Å². The van der Waals surface area contributed by atoms with Crippen molar-refractivity contribution in [2.24, 2.45) is 11.8 Å². The molecule has 1 fully saturated rings. The van der Waals surface area contributed by atoms with Crippen LogP contribution >= 0.6 is 0 Å². The van der Waals surface area contributed by atoms with Crippen molar-refractivity contribution in [3.8, 4) is 0 Å². The number of nitrogens with zero attached hydrogens (tertiary/aromatic N) is 1. The third kappa shape index (κ3) is 2.56. The van der Waals surface area contributed by atoms with Crippen molar-refractivity contribution in [3.63, 3.8) is 0 Å². The fourth-order valence-electron chi connectivity index (χ4n) is 3.75. The summed E-state index contributed by atoms with van der Waals surface area (Å²) in [5.41, 5.74) is 4.42. The Labute approximate surface area is 126 Å². The molecule has 2 unspecified atom stereocenters. The average molecular weight is 278 g/mol. The minimum atomic E-state index is 0.746. The highest BCUT2D eigenvalue weighted by molar-refractivity contribution is 5.70. The van der Waals surface area contributed by atoms with Crippen LogP contribution in [0.25, 0.3) is 5.57 Å². The van der Waals surface area contributed by atoms with Gasteiger partial charge in [-0.3, -0.25) is 0 Å². The number of rotatable bonds is 4. The van der Waals surface area contributed by atoms with E-state index in [0.717, 1.165) is 31.3 Å². The van der Waals surface area contributed by atoms with Crippen molar-refractivity contribution in [3.05, 3.63) is 66.0 Å². The third-order valence-electron chi connectivity index (χ3n) is 4.99. The zero-order valence-electron chi connectivity index (χ0n) is 12.3. The normalized spacial score (nSPS) is 24.1. The van der Waals surface area contributed by atoms with Gasteiger partial charge in [-0.2, -0.15) is 0 Å². The van der Waals surface area contributed by atoms with E-state index in [-0.39, 0.29) is 0 Å². The highest BCUT2D eigenvalue weighted by Crippen LogP contribution is 2.40. The third-order valence-corrected chi connectivity index (χ3v) is 4.99. The van der Waals surface area contributed by atoms with Gasteiger partial charge in [0.2, 0.25) is 0 Å². The molecule has 2 heterocycles. The van der Waals surface area contributed by atoms with Crippen LogP contribution in [-0.4, -0.2) is 17.7 Å². The summed E-state index contributed by atoms with van der Waals surface area (Å²) in [5, 5.41) is 3.53. The van der Waals surface area contributed by atoms with E-state index >= 15 is 0 Å². The molecule has 1 aromatic carbocycles. The second-order valence-corrected chi connectivity index (χ2v) is 6.29. The summed E-state index contributed by atoms with van der Waals surface area (Å²) >= 11 is 0. The monoisotopic (exact) mass is 278 g/mol. The van der Waals surface area contributed by atoms with Crippen molar-refractivity contribution >= 4 is 5.57 Å². The van der Waals surface area contributed by atoms with E-state index in [1.807, 2.05) is 0 Å². The lowest BCUT2D eigenvalue weighted by molar-refractivity contribution is 0.542. The number of allylic oxidation sites excluding steroid dienone is 1. The maximum absolute atomic E-state index is 3.53. The lowest BCUT2D eigenvalue weighted by Crippen LogP contribution is -2.09. The van der Waals surface area contributed by atoms with Gasteiger partial charge >= 0.3 is 0 Å². The van der Waals surface area contributed by atoms with Crippen molar-refractivity contribution in [2.75, 3.05) is 13.1 Å². The van der Waals surface area contributed by atoms with E-state index in [1.165, 1.54) is 24.1 Å². The molecule has 4 rings (SSSR count). The minimum Gasteiger partial charge on any atom is -0.354 e. The van der Waals surface area contributed by atoms with Crippen LogP contribution in [-0.2, 0) is 13.0 Å². The minimum absolute atomic E-state index is 0.746. The first kappa shape index (κ1) is 12.9. The molecule has 0 amide bonds. The fourth-order valence-corrected chi connectivity index (χ4v) is 3.75. The molecule has 0 bridgehead atoms. The van der Waals surface area contributed by atoms with Gasteiger partial charge in [0.15, 0.2) is 0 Å². The average Bonchev–Trinajstić information content (AvgIpc) is 3.23. The van der Waals surface area contributed by atoms with Gasteiger partial charge in [-0.1, -0.05) is 30.3 Å². The molecular formula is C19H22N2. The standard InChI is InChI=1S/C19H22N2/c1-2-11-21(10-1)12-9-15-3-5-16(6-4-15)18-8-7-17-13-20-14-19(17)18/h1-6,8,10-11,17,19-20H,7,9,12-14H2. The Balaban J connectivity index is 1.44. The summed E-state index contributed by atoms with van der Waals surface area (Å²) in [5.74, 6) is 1.59. The van der Waals surface area contributed by atoms with Crippen LogP contribution in [0.3, 0.4) is 0 Å². The maximum atomic E-state index is 3.53. The first-order chi connectivity index (χ1) is 10.4. The van der Waals surface area contributed by atoms with Gasteiger partial charge < -0.3 is 9.88 Å². The highest BCUT2D eigenvalue weighted by atomic mass is 14.9. The molecule has 1 aromatic heterocycles. The van der Waals surface area contributed by atoms with E-state index in [0.29, 0.717) is 0 Å². The summed E-state index contributed by atoms with van der Waals surface area (Å²) in [4.78, 5) is 0. The lowest BCUT2D eigenvalue weighted by atomic mass is 9.90. The second kappa shape index (κ2) is 5.53. The molecule has 0 spiro atoms. The van der Waals surface area contributed by atoms with E-state index in [1.54, 1.807) is 5.57 Å².